The van der Waals surface area contributed by atoms with Crippen molar-refractivity contribution in [2.75, 3.05) is 32.8 Å². The summed E-state index contributed by atoms with van der Waals surface area (Å²) in [4.78, 5) is 41.5. The van der Waals surface area contributed by atoms with Gasteiger partial charge in [-0.15, -0.1) is 6.58 Å². The van der Waals surface area contributed by atoms with Gasteiger partial charge in [-0.1, -0.05) is 6.08 Å². The lowest BCUT2D eigenvalue weighted by Gasteiger charge is -2.26. The molecule has 1 aliphatic rings. The molecule has 31 heavy (non-hydrogen) atoms. The highest BCUT2D eigenvalue weighted by atomic mass is 16.5. The number of hydrogen-bond donors (Lipinski definition) is 0. The maximum Gasteiger partial charge on any atom is 0.257 e. The number of amides is 3. The molecule has 1 heterocycles. The molecule has 1 unspecified atom stereocenters. The summed E-state index contributed by atoms with van der Waals surface area (Å²) in [6, 6.07) is 10.4. The summed E-state index contributed by atoms with van der Waals surface area (Å²) in [5, 5.41) is 0. The smallest absolute Gasteiger partial charge is 0.257 e. The van der Waals surface area contributed by atoms with Gasteiger partial charge in [0.2, 0.25) is 5.91 Å². The summed E-state index contributed by atoms with van der Waals surface area (Å²) in [5.74, 6) is 0.216. The van der Waals surface area contributed by atoms with Crippen molar-refractivity contribution in [3.8, 4) is 17.2 Å². The molecule has 2 aromatic rings. The first-order valence-electron chi connectivity index (χ1n) is 9.59. The van der Waals surface area contributed by atoms with E-state index in [-0.39, 0.29) is 18.9 Å². The van der Waals surface area contributed by atoms with Gasteiger partial charge in [-0.25, -0.2) is 4.90 Å². The summed E-state index contributed by atoms with van der Waals surface area (Å²) in [6.45, 7) is 3.79. The molecule has 0 spiro atoms. The third-order valence-corrected chi connectivity index (χ3v) is 5.05. The predicted molar refractivity (Wildman–Crippen MR) is 115 cm³/mol. The van der Waals surface area contributed by atoms with Gasteiger partial charge in [-0.05, 0) is 42.5 Å². The number of anilines is 1. The molecule has 0 aliphatic carbocycles. The van der Waals surface area contributed by atoms with Crippen molar-refractivity contribution < 1.29 is 28.6 Å². The van der Waals surface area contributed by atoms with Crippen LogP contribution in [0.5, 0.6) is 17.2 Å². The minimum absolute atomic E-state index is 0.104. The second kappa shape index (κ2) is 9.34. The van der Waals surface area contributed by atoms with Gasteiger partial charge in [-0.3, -0.25) is 14.4 Å². The van der Waals surface area contributed by atoms with E-state index in [1.165, 1.54) is 32.3 Å². The van der Waals surface area contributed by atoms with E-state index in [2.05, 4.69) is 6.58 Å². The lowest BCUT2D eigenvalue weighted by Crippen LogP contribution is -2.45. The summed E-state index contributed by atoms with van der Waals surface area (Å²) in [5.41, 5.74) is 0.734. The summed E-state index contributed by atoms with van der Waals surface area (Å²) >= 11 is 0. The monoisotopic (exact) mass is 424 g/mol. The quantitative estimate of drug-likeness (QED) is 0.479. The molecule has 0 aromatic heterocycles. The van der Waals surface area contributed by atoms with E-state index in [4.69, 9.17) is 14.2 Å². The van der Waals surface area contributed by atoms with Crippen LogP contribution in [-0.2, 0) is 9.59 Å². The molecular formula is C23H24N2O6. The number of rotatable bonds is 8. The lowest BCUT2D eigenvalue weighted by atomic mass is 10.1. The molecule has 1 atom stereocenters. The predicted octanol–water partition coefficient (Wildman–Crippen LogP) is 2.67. The molecule has 1 aliphatic heterocycles. The second-order valence-corrected chi connectivity index (χ2v) is 6.80. The van der Waals surface area contributed by atoms with Crippen molar-refractivity contribution in [1.82, 2.24) is 4.90 Å². The van der Waals surface area contributed by atoms with Crippen LogP contribution in [0.4, 0.5) is 5.69 Å². The fraction of sp³-hybridized carbons (Fsp3) is 0.261. The first-order chi connectivity index (χ1) is 14.9. The van der Waals surface area contributed by atoms with E-state index >= 15 is 0 Å². The van der Waals surface area contributed by atoms with Crippen LogP contribution in [-0.4, -0.2) is 56.5 Å². The Labute approximate surface area is 180 Å². The van der Waals surface area contributed by atoms with Crippen LogP contribution < -0.4 is 19.1 Å². The van der Waals surface area contributed by atoms with Crippen LogP contribution in [0.3, 0.4) is 0 Å². The van der Waals surface area contributed by atoms with E-state index in [1.54, 1.807) is 42.5 Å². The highest BCUT2D eigenvalue weighted by Gasteiger charge is 2.44. The number of carbonyl (C=O) groups excluding carboxylic acids is 3. The van der Waals surface area contributed by atoms with Gasteiger partial charge in [0, 0.05) is 12.1 Å². The van der Waals surface area contributed by atoms with Gasteiger partial charge in [0.1, 0.15) is 11.8 Å². The molecule has 8 heteroatoms. The first-order valence-corrected chi connectivity index (χ1v) is 9.59. The average molecular weight is 424 g/mol. The van der Waals surface area contributed by atoms with Gasteiger partial charge >= 0.3 is 0 Å². The standard InChI is InChI=1S/C23H24N2O6/c1-5-12-24(22(27)15-6-11-19(30-3)20(13-15)31-4)18-14-21(26)25(23(18)28)16-7-9-17(29-2)10-8-16/h5-11,13,18H,1,12,14H2,2-4H3. The summed E-state index contributed by atoms with van der Waals surface area (Å²) in [7, 11) is 4.50. The summed E-state index contributed by atoms with van der Waals surface area (Å²) < 4.78 is 15.6. The van der Waals surface area contributed by atoms with Crippen LogP contribution in [0, 0.1) is 0 Å². The Kier molecular flexibility index (Phi) is 6.59. The van der Waals surface area contributed by atoms with Crippen molar-refractivity contribution in [1.29, 1.82) is 0 Å². The van der Waals surface area contributed by atoms with Crippen molar-refractivity contribution in [3.05, 3.63) is 60.7 Å². The Morgan fingerprint density at radius 1 is 1.06 bits per heavy atom. The summed E-state index contributed by atoms with van der Waals surface area (Å²) in [6.07, 6.45) is 1.41. The van der Waals surface area contributed by atoms with Gasteiger partial charge in [0.05, 0.1) is 33.4 Å². The molecule has 8 nitrogen and oxygen atoms in total. The highest BCUT2D eigenvalue weighted by molar-refractivity contribution is 6.23. The molecule has 3 rings (SSSR count). The third-order valence-electron chi connectivity index (χ3n) is 5.05. The maximum absolute atomic E-state index is 13.3. The largest absolute Gasteiger partial charge is 0.497 e. The molecular weight excluding hydrogens is 400 g/mol. The molecule has 0 radical (unpaired) electrons. The normalized spacial score (nSPS) is 15.6. The Bertz CT molecular complexity index is 1000. The second-order valence-electron chi connectivity index (χ2n) is 6.80. The van der Waals surface area contributed by atoms with E-state index < -0.39 is 17.9 Å². The van der Waals surface area contributed by atoms with E-state index in [0.717, 1.165) is 4.90 Å². The molecule has 0 bridgehead atoms. The van der Waals surface area contributed by atoms with Gasteiger partial charge in [-0.2, -0.15) is 0 Å². The Balaban J connectivity index is 1.90. The number of benzene rings is 2. The number of methoxy groups -OCH3 is 3. The zero-order valence-corrected chi connectivity index (χ0v) is 17.7. The van der Waals surface area contributed by atoms with Crippen LogP contribution in [0.2, 0.25) is 0 Å². The Morgan fingerprint density at radius 2 is 1.74 bits per heavy atom. The fourth-order valence-electron chi connectivity index (χ4n) is 3.49. The van der Waals surface area contributed by atoms with Gasteiger partial charge < -0.3 is 19.1 Å². The topological polar surface area (TPSA) is 85.4 Å². The fourth-order valence-corrected chi connectivity index (χ4v) is 3.49. The lowest BCUT2D eigenvalue weighted by molar-refractivity contribution is -0.122. The van der Waals surface area contributed by atoms with Crippen LogP contribution in [0.15, 0.2) is 55.1 Å². The maximum atomic E-state index is 13.3. The molecule has 1 saturated heterocycles. The molecule has 3 amide bonds. The molecule has 0 N–H and O–H groups in total. The third kappa shape index (κ3) is 4.23. The zero-order valence-electron chi connectivity index (χ0n) is 17.7. The van der Waals surface area contributed by atoms with E-state index in [9.17, 15) is 14.4 Å². The number of carbonyl (C=O) groups is 3. The SMILES string of the molecule is C=CCN(C(=O)c1ccc(OC)c(OC)c1)C1CC(=O)N(c2ccc(OC)cc2)C1=O. The van der Waals surface area contributed by atoms with Gasteiger partial charge in [0.25, 0.3) is 11.8 Å². The molecule has 0 saturated carbocycles. The van der Waals surface area contributed by atoms with Crippen LogP contribution >= 0.6 is 0 Å². The number of imide groups is 1. The van der Waals surface area contributed by atoms with Crippen LogP contribution in [0.25, 0.3) is 0 Å². The van der Waals surface area contributed by atoms with Crippen molar-refractivity contribution in [2.24, 2.45) is 0 Å². The van der Waals surface area contributed by atoms with E-state index in [1.807, 2.05) is 0 Å². The number of nitrogens with zero attached hydrogens (tertiary/aromatic N) is 2. The molecule has 2 aromatic carbocycles. The molecule has 162 valence electrons. The first kappa shape index (κ1) is 21.9. The van der Waals surface area contributed by atoms with Crippen molar-refractivity contribution in [3.63, 3.8) is 0 Å². The Hall–Kier alpha value is -3.81. The van der Waals surface area contributed by atoms with E-state index in [0.29, 0.717) is 28.5 Å². The molecule has 1 fully saturated rings. The van der Waals surface area contributed by atoms with Crippen LogP contribution in [0.1, 0.15) is 16.8 Å². The minimum atomic E-state index is -0.937. The number of ether oxygens (including phenoxy) is 3. The van der Waals surface area contributed by atoms with Crippen molar-refractivity contribution >= 4 is 23.4 Å². The number of hydrogen-bond acceptors (Lipinski definition) is 6. The highest BCUT2D eigenvalue weighted by Crippen LogP contribution is 2.31. The van der Waals surface area contributed by atoms with Crippen molar-refractivity contribution in [2.45, 2.75) is 12.5 Å². The Morgan fingerprint density at radius 3 is 2.32 bits per heavy atom. The zero-order chi connectivity index (χ0) is 22.5. The average Bonchev–Trinajstić information content (AvgIpc) is 3.09. The van der Waals surface area contributed by atoms with Gasteiger partial charge in [0.15, 0.2) is 11.5 Å². The minimum Gasteiger partial charge on any atom is -0.497 e.